The third-order valence-electron chi connectivity index (χ3n) is 3.35. The second-order valence-electron chi connectivity index (χ2n) is 4.92. The van der Waals surface area contributed by atoms with Crippen LogP contribution in [0, 0.1) is 10.7 Å². The van der Waals surface area contributed by atoms with Crippen molar-refractivity contribution in [2.45, 2.75) is 12.7 Å². The Morgan fingerprint density at radius 2 is 1.87 bits per heavy atom. The van der Waals surface area contributed by atoms with Crippen LogP contribution < -0.4 is 0 Å². The molecule has 0 fully saturated rings. The maximum absolute atomic E-state index is 13.1. The summed E-state index contributed by atoms with van der Waals surface area (Å²) in [5, 5.41) is 9.38. The number of phenolic OH excluding ortho intramolecular Hbond substituents is 1. The van der Waals surface area contributed by atoms with E-state index in [0.717, 1.165) is 18.2 Å². The molecule has 0 atom stereocenters. The Kier molecular flexibility index (Phi) is 3.63. The van der Waals surface area contributed by atoms with Gasteiger partial charge in [-0.05, 0) is 48.1 Å². The molecular formula is C15H9F4NO2S. The molecule has 0 saturated carbocycles. The van der Waals surface area contributed by atoms with Crippen molar-refractivity contribution in [3.63, 3.8) is 0 Å². The minimum Gasteiger partial charge on any atom is -0.505 e. The van der Waals surface area contributed by atoms with E-state index < -0.39 is 23.3 Å². The number of nitrogens with zero attached hydrogens (tertiary/aromatic N) is 1. The van der Waals surface area contributed by atoms with Gasteiger partial charge in [-0.15, -0.1) is 0 Å². The van der Waals surface area contributed by atoms with E-state index in [2.05, 4.69) is 0 Å². The fourth-order valence-electron chi connectivity index (χ4n) is 2.23. The minimum absolute atomic E-state index is 0.0110. The van der Waals surface area contributed by atoms with Gasteiger partial charge in [0, 0.05) is 0 Å². The zero-order valence-corrected chi connectivity index (χ0v) is 12.2. The maximum Gasteiger partial charge on any atom is 0.416 e. The van der Waals surface area contributed by atoms with E-state index >= 15 is 0 Å². The molecule has 0 amide bonds. The van der Waals surface area contributed by atoms with Crippen molar-refractivity contribution >= 4 is 23.3 Å². The topological polar surface area (TPSA) is 38.3 Å². The number of halogens is 4. The minimum atomic E-state index is -4.49. The van der Waals surface area contributed by atoms with Gasteiger partial charge in [0.25, 0.3) is 4.84 Å². The highest BCUT2D eigenvalue weighted by atomic mass is 32.1. The van der Waals surface area contributed by atoms with Gasteiger partial charge in [-0.2, -0.15) is 13.2 Å². The highest BCUT2D eigenvalue weighted by Crippen LogP contribution is 2.32. The fraction of sp³-hybridized carbons (Fsp3) is 0.133. The Bertz CT molecular complexity index is 943. The quantitative estimate of drug-likeness (QED) is 0.533. The molecule has 23 heavy (non-hydrogen) atoms. The zero-order chi connectivity index (χ0) is 16.8. The summed E-state index contributed by atoms with van der Waals surface area (Å²) in [6.45, 7) is 0.0426. The Labute approximate surface area is 132 Å². The Morgan fingerprint density at radius 3 is 2.52 bits per heavy atom. The average Bonchev–Trinajstić information content (AvgIpc) is 2.77. The first-order chi connectivity index (χ1) is 10.8. The summed E-state index contributed by atoms with van der Waals surface area (Å²) < 4.78 is 58.2. The molecule has 0 aliphatic carbocycles. The summed E-state index contributed by atoms with van der Waals surface area (Å²) in [4.78, 5) is -0.0110. The van der Waals surface area contributed by atoms with E-state index in [1.54, 1.807) is 0 Å². The van der Waals surface area contributed by atoms with E-state index in [0.29, 0.717) is 5.56 Å². The SMILES string of the molecule is Oc1cc(Cn2c(=S)oc3ccc(C(F)(F)F)cc32)ccc1F. The number of aromatic nitrogens is 1. The van der Waals surface area contributed by atoms with Crippen LogP contribution in [0.2, 0.25) is 0 Å². The molecule has 1 heterocycles. The summed E-state index contributed by atoms with van der Waals surface area (Å²) in [7, 11) is 0. The lowest BCUT2D eigenvalue weighted by Crippen LogP contribution is -2.05. The van der Waals surface area contributed by atoms with Crippen molar-refractivity contribution in [1.29, 1.82) is 0 Å². The van der Waals surface area contributed by atoms with Crippen molar-refractivity contribution in [2.24, 2.45) is 0 Å². The first kappa shape index (κ1) is 15.5. The molecule has 0 unspecified atom stereocenters. The molecule has 120 valence electrons. The smallest absolute Gasteiger partial charge is 0.416 e. The molecule has 0 saturated heterocycles. The number of hydrogen-bond acceptors (Lipinski definition) is 3. The van der Waals surface area contributed by atoms with Crippen LogP contribution in [0.5, 0.6) is 5.75 Å². The van der Waals surface area contributed by atoms with Gasteiger partial charge in [-0.3, -0.25) is 4.57 Å². The number of rotatable bonds is 2. The van der Waals surface area contributed by atoms with Gasteiger partial charge in [-0.25, -0.2) is 4.39 Å². The number of benzene rings is 2. The lowest BCUT2D eigenvalue weighted by atomic mass is 10.2. The molecule has 2 aromatic carbocycles. The number of hydrogen-bond donors (Lipinski definition) is 1. The van der Waals surface area contributed by atoms with Gasteiger partial charge in [0.05, 0.1) is 17.6 Å². The largest absolute Gasteiger partial charge is 0.505 e. The van der Waals surface area contributed by atoms with Crippen molar-refractivity contribution < 1.29 is 27.1 Å². The highest BCUT2D eigenvalue weighted by Gasteiger charge is 2.31. The summed E-state index contributed by atoms with van der Waals surface area (Å²) in [6.07, 6.45) is -4.49. The molecule has 0 radical (unpaired) electrons. The standard InChI is InChI=1S/C15H9F4NO2S/c16-10-3-1-8(5-12(10)21)7-20-11-6-9(15(17,18)19)2-4-13(11)22-14(20)23/h1-6,21H,7H2. The van der Waals surface area contributed by atoms with E-state index in [4.69, 9.17) is 16.6 Å². The molecule has 3 rings (SSSR count). The number of alkyl halides is 3. The van der Waals surface area contributed by atoms with E-state index in [9.17, 15) is 22.7 Å². The maximum atomic E-state index is 13.1. The molecule has 3 nitrogen and oxygen atoms in total. The molecule has 0 bridgehead atoms. The van der Waals surface area contributed by atoms with E-state index in [1.165, 1.54) is 22.8 Å². The summed E-state index contributed by atoms with van der Waals surface area (Å²) >= 11 is 5.03. The van der Waals surface area contributed by atoms with Crippen molar-refractivity contribution in [3.8, 4) is 5.75 Å². The van der Waals surface area contributed by atoms with Crippen LogP contribution in [-0.2, 0) is 12.7 Å². The second-order valence-corrected chi connectivity index (χ2v) is 5.27. The molecule has 1 N–H and O–H groups in total. The van der Waals surface area contributed by atoms with Crippen LogP contribution in [0.3, 0.4) is 0 Å². The Morgan fingerprint density at radius 1 is 1.13 bits per heavy atom. The zero-order valence-electron chi connectivity index (χ0n) is 11.4. The van der Waals surface area contributed by atoms with Crippen LogP contribution >= 0.6 is 12.2 Å². The molecule has 1 aromatic heterocycles. The van der Waals surface area contributed by atoms with Crippen LogP contribution in [-0.4, -0.2) is 9.67 Å². The average molecular weight is 343 g/mol. The Balaban J connectivity index is 2.10. The van der Waals surface area contributed by atoms with Gasteiger partial charge in [0.2, 0.25) is 0 Å². The summed E-state index contributed by atoms with van der Waals surface area (Å²) in [6, 6.07) is 6.71. The fourth-order valence-corrected chi connectivity index (χ4v) is 2.48. The van der Waals surface area contributed by atoms with Crippen LogP contribution in [0.4, 0.5) is 17.6 Å². The number of aromatic hydroxyl groups is 1. The first-order valence-electron chi connectivity index (χ1n) is 6.43. The van der Waals surface area contributed by atoms with E-state index in [-0.39, 0.29) is 22.5 Å². The van der Waals surface area contributed by atoms with Crippen LogP contribution in [0.25, 0.3) is 11.1 Å². The molecule has 3 aromatic rings. The van der Waals surface area contributed by atoms with Crippen LogP contribution in [0.15, 0.2) is 40.8 Å². The molecule has 0 spiro atoms. The van der Waals surface area contributed by atoms with Gasteiger partial charge in [0.1, 0.15) is 0 Å². The van der Waals surface area contributed by atoms with Crippen molar-refractivity contribution in [3.05, 3.63) is 58.2 Å². The lowest BCUT2D eigenvalue weighted by Gasteiger charge is -2.08. The Hall–Kier alpha value is -2.35. The number of oxazole rings is 1. The molecule has 0 aliphatic rings. The third-order valence-corrected chi connectivity index (χ3v) is 3.65. The number of fused-ring (bicyclic) bond motifs is 1. The third kappa shape index (κ3) is 2.94. The van der Waals surface area contributed by atoms with Gasteiger partial charge < -0.3 is 9.52 Å². The van der Waals surface area contributed by atoms with Gasteiger partial charge in [0.15, 0.2) is 17.1 Å². The molecule has 0 aliphatic heterocycles. The van der Waals surface area contributed by atoms with Gasteiger partial charge in [-0.1, -0.05) is 6.07 Å². The first-order valence-corrected chi connectivity index (χ1v) is 6.84. The second kappa shape index (κ2) is 5.38. The lowest BCUT2D eigenvalue weighted by molar-refractivity contribution is -0.137. The van der Waals surface area contributed by atoms with Crippen LogP contribution in [0.1, 0.15) is 11.1 Å². The predicted octanol–water partition coefficient (Wildman–Crippen LogP) is 4.88. The van der Waals surface area contributed by atoms with E-state index in [1.807, 2.05) is 0 Å². The highest BCUT2D eigenvalue weighted by molar-refractivity contribution is 7.71. The number of phenols is 1. The molecule has 8 heteroatoms. The molecular weight excluding hydrogens is 334 g/mol. The van der Waals surface area contributed by atoms with Gasteiger partial charge >= 0.3 is 6.18 Å². The summed E-state index contributed by atoms with van der Waals surface area (Å²) in [5.41, 5.74) is 0.0413. The predicted molar refractivity (Wildman–Crippen MR) is 77.2 cm³/mol. The van der Waals surface area contributed by atoms with Crippen molar-refractivity contribution in [2.75, 3.05) is 0 Å². The normalized spacial score (nSPS) is 12.0. The van der Waals surface area contributed by atoms with Crippen molar-refractivity contribution in [1.82, 2.24) is 4.57 Å². The summed E-state index contributed by atoms with van der Waals surface area (Å²) in [5.74, 6) is -1.33. The monoisotopic (exact) mass is 343 g/mol.